The van der Waals surface area contributed by atoms with Crippen LogP contribution in [0.4, 0.5) is 26.3 Å². The van der Waals surface area contributed by atoms with Crippen LogP contribution < -0.4 is 0 Å². The Kier molecular flexibility index (Phi) is 9.12. The third kappa shape index (κ3) is 6.22. The van der Waals surface area contributed by atoms with E-state index in [1.165, 1.54) is 12.1 Å². The van der Waals surface area contributed by atoms with Crippen molar-refractivity contribution < 1.29 is 26.3 Å². The van der Waals surface area contributed by atoms with Crippen molar-refractivity contribution in [3.8, 4) is 44.5 Å². The number of hydrogen-bond acceptors (Lipinski definition) is 2. The second-order valence-electron chi connectivity index (χ2n) is 14.6. The first kappa shape index (κ1) is 39.4. The molecule has 0 unspecified atom stereocenters. The maximum Gasteiger partial charge on any atom is 0.380 e. The molecular formula is C47H24Cl4F6N4. The number of allylic oxidation sites excluding steroid dienone is 1. The molecule has 0 fully saturated rings. The van der Waals surface area contributed by atoms with E-state index in [2.05, 4.69) is 9.97 Å². The van der Waals surface area contributed by atoms with E-state index in [0.717, 1.165) is 17.7 Å². The summed E-state index contributed by atoms with van der Waals surface area (Å²) in [5.41, 5.74) is 1.03. The Morgan fingerprint density at radius 1 is 0.426 bits per heavy atom. The molecule has 302 valence electrons. The van der Waals surface area contributed by atoms with Crippen molar-refractivity contribution in [1.29, 1.82) is 0 Å². The highest BCUT2D eigenvalue weighted by Crippen LogP contribution is 2.61. The van der Waals surface area contributed by atoms with Crippen LogP contribution in [-0.2, 0) is 5.92 Å². The van der Waals surface area contributed by atoms with Crippen molar-refractivity contribution in [2.24, 2.45) is 0 Å². The zero-order valence-electron chi connectivity index (χ0n) is 30.9. The van der Waals surface area contributed by atoms with E-state index in [-0.39, 0.29) is 27.4 Å². The fourth-order valence-corrected chi connectivity index (χ4v) is 8.64. The lowest BCUT2D eigenvalue weighted by atomic mass is 9.82. The molecule has 10 rings (SSSR count). The first-order valence-electron chi connectivity index (χ1n) is 18.5. The van der Waals surface area contributed by atoms with Gasteiger partial charge in [0.05, 0.1) is 28.3 Å². The summed E-state index contributed by atoms with van der Waals surface area (Å²) < 4.78 is 98.8. The van der Waals surface area contributed by atoms with Crippen molar-refractivity contribution in [3.05, 3.63) is 164 Å². The number of hydrogen-bond donors (Lipinski definition) is 2. The van der Waals surface area contributed by atoms with Crippen molar-refractivity contribution in [3.63, 3.8) is 0 Å². The van der Waals surface area contributed by atoms with Crippen molar-refractivity contribution in [2.45, 2.75) is 17.8 Å². The minimum absolute atomic E-state index is 0.0234. The van der Waals surface area contributed by atoms with Crippen LogP contribution in [0.3, 0.4) is 0 Å². The lowest BCUT2D eigenvalue weighted by molar-refractivity contribution is -0.294. The molecule has 7 aromatic rings. The summed E-state index contributed by atoms with van der Waals surface area (Å²) >= 11 is 25.1. The van der Waals surface area contributed by atoms with E-state index in [4.69, 9.17) is 56.4 Å². The van der Waals surface area contributed by atoms with Gasteiger partial charge in [-0.2, -0.15) is 26.3 Å². The number of rotatable bonds is 3. The van der Waals surface area contributed by atoms with Crippen LogP contribution in [0.15, 0.2) is 115 Å². The molecule has 0 saturated heterocycles. The number of aromatic nitrogens is 4. The number of benzene rings is 4. The van der Waals surface area contributed by atoms with Crippen molar-refractivity contribution in [1.82, 2.24) is 19.9 Å². The zero-order chi connectivity index (χ0) is 42.6. The Balaban J connectivity index is 1.46. The molecule has 4 aromatic carbocycles. The van der Waals surface area contributed by atoms with Gasteiger partial charge in [-0.25, -0.2) is 9.97 Å². The lowest BCUT2D eigenvalue weighted by Gasteiger charge is -2.36. The summed E-state index contributed by atoms with van der Waals surface area (Å²) in [5.74, 6) is -16.9. The van der Waals surface area contributed by atoms with Gasteiger partial charge in [0.1, 0.15) is 0 Å². The molecule has 0 radical (unpaired) electrons. The van der Waals surface area contributed by atoms with Gasteiger partial charge < -0.3 is 9.97 Å². The van der Waals surface area contributed by atoms with Crippen LogP contribution in [-0.4, -0.2) is 31.8 Å². The monoisotopic (exact) mass is 898 g/mol. The fourth-order valence-electron chi connectivity index (χ4n) is 8.09. The summed E-state index contributed by atoms with van der Waals surface area (Å²) in [6.45, 7) is 0. The molecule has 61 heavy (non-hydrogen) atoms. The van der Waals surface area contributed by atoms with E-state index in [1.54, 1.807) is 78.9 Å². The van der Waals surface area contributed by atoms with E-state index >= 15 is 26.3 Å². The summed E-state index contributed by atoms with van der Waals surface area (Å²) in [5, 5.41) is 0.962. The first-order chi connectivity index (χ1) is 29.1. The Bertz CT molecular complexity index is 3210. The minimum atomic E-state index is -5.95. The first-order valence-corrected chi connectivity index (χ1v) is 20.1. The van der Waals surface area contributed by atoms with E-state index in [9.17, 15) is 0 Å². The molecule has 5 heterocycles. The number of H-pyrrole nitrogens is 2. The van der Waals surface area contributed by atoms with Gasteiger partial charge in [0.15, 0.2) is 0 Å². The number of nitrogens with zero attached hydrogens (tertiary/aromatic N) is 2. The van der Waals surface area contributed by atoms with Crippen LogP contribution >= 0.6 is 46.4 Å². The normalized spacial score (nSPS) is 15.8. The number of nitrogens with one attached hydrogen (secondary N) is 2. The smallest absolute Gasteiger partial charge is 0.354 e. The third-order valence-corrected chi connectivity index (χ3v) is 12.0. The largest absolute Gasteiger partial charge is 0.380 e. The van der Waals surface area contributed by atoms with Gasteiger partial charge in [0, 0.05) is 70.0 Å². The molecule has 8 bridgehead atoms. The summed E-state index contributed by atoms with van der Waals surface area (Å²) in [7, 11) is 0. The predicted octanol–water partition coefficient (Wildman–Crippen LogP) is 15.7. The molecule has 0 amide bonds. The Morgan fingerprint density at radius 3 is 1.30 bits per heavy atom. The van der Waals surface area contributed by atoms with Gasteiger partial charge in [-0.15, -0.1) is 0 Å². The number of aromatic amines is 2. The Hall–Kier alpha value is -5.78. The molecule has 3 aromatic heterocycles. The molecule has 0 spiro atoms. The standard InChI is InChI=1S/C47H24Cl4F6N4/c48-26-7-1-23(2-8-26)40-33-15-16-34(58-33)41(24-3-9-27(49)10-4-24)36-19-20-38(60-36)43-30-14-13-29(51)21-31(30)45(52,53)47(56,57)46(54,55)32-22-39(61-44(32)43)42(37-18-17-35(40)59-37)25-5-11-28(50)12-6-25/h1-22,59-60H. The maximum absolute atomic E-state index is 16.8. The molecule has 3 aliphatic rings. The molecule has 1 aliphatic carbocycles. The molecule has 0 atom stereocenters. The molecule has 2 N–H and O–H groups in total. The predicted molar refractivity (Wildman–Crippen MR) is 233 cm³/mol. The van der Waals surface area contributed by atoms with E-state index in [0.29, 0.717) is 71.3 Å². The average molecular weight is 901 g/mol. The van der Waals surface area contributed by atoms with Gasteiger partial charge in [-0.3, -0.25) is 0 Å². The molecule has 4 nitrogen and oxygen atoms in total. The van der Waals surface area contributed by atoms with E-state index in [1.807, 2.05) is 24.3 Å². The lowest BCUT2D eigenvalue weighted by Crippen LogP contribution is -2.53. The van der Waals surface area contributed by atoms with Gasteiger partial charge >= 0.3 is 17.8 Å². The van der Waals surface area contributed by atoms with E-state index < -0.39 is 40.2 Å². The van der Waals surface area contributed by atoms with Crippen LogP contribution in [0.25, 0.3) is 90.4 Å². The van der Waals surface area contributed by atoms with Crippen LogP contribution in [0.2, 0.25) is 20.1 Å². The molecule has 2 aliphatic heterocycles. The highest BCUT2D eigenvalue weighted by molar-refractivity contribution is 6.31. The third-order valence-electron chi connectivity index (χ3n) is 11.0. The SMILES string of the molecule is FC1(F)C2=Cc3nc2c(c2ccc([nH]2)c(-c2ccc(Cl)cc2)c2nc(c(-c4ccc(Cl)cc4)c4ccc([nH]4)c3-c3ccc(Cl)cc3)C=C2)-c2ccc(Cl)cc2C(F)(F)C1(F)F. The summed E-state index contributed by atoms with van der Waals surface area (Å²) in [4.78, 5) is 16.5. The van der Waals surface area contributed by atoms with Gasteiger partial charge in [-0.1, -0.05) is 88.9 Å². The number of halogens is 10. The quantitative estimate of drug-likeness (QED) is 0.174. The average Bonchev–Trinajstić information content (AvgIpc) is 4.07. The highest BCUT2D eigenvalue weighted by Gasteiger charge is 2.75. The van der Waals surface area contributed by atoms with Gasteiger partial charge in [-0.05, 0) is 113 Å². The topological polar surface area (TPSA) is 57.4 Å². The zero-order valence-corrected chi connectivity index (χ0v) is 33.9. The Labute approximate surface area is 362 Å². The molecule has 14 heteroatoms. The van der Waals surface area contributed by atoms with Gasteiger partial charge in [0.2, 0.25) is 0 Å². The molecular weight excluding hydrogens is 876 g/mol. The highest BCUT2D eigenvalue weighted by atomic mass is 35.5. The fraction of sp³-hybridized carbons (Fsp3) is 0.0638. The maximum atomic E-state index is 16.8. The van der Waals surface area contributed by atoms with Crippen LogP contribution in [0.5, 0.6) is 0 Å². The van der Waals surface area contributed by atoms with Crippen molar-refractivity contribution >= 4 is 92.3 Å². The second kappa shape index (κ2) is 14.1. The summed E-state index contributed by atoms with van der Waals surface area (Å²) in [6, 6.07) is 29.9. The summed E-state index contributed by atoms with van der Waals surface area (Å²) in [6.07, 6.45) is 4.42. The number of fused-ring (bicyclic) bond motifs is 10. The molecule has 0 saturated carbocycles. The van der Waals surface area contributed by atoms with Gasteiger partial charge in [0.25, 0.3) is 0 Å². The number of alkyl halides is 6. The minimum Gasteiger partial charge on any atom is -0.354 e. The van der Waals surface area contributed by atoms with Crippen LogP contribution in [0.1, 0.15) is 28.3 Å². The van der Waals surface area contributed by atoms with Crippen molar-refractivity contribution in [2.75, 3.05) is 0 Å². The second-order valence-corrected chi connectivity index (χ2v) is 16.4. The van der Waals surface area contributed by atoms with Crippen LogP contribution in [0, 0.1) is 0 Å². The Morgan fingerprint density at radius 2 is 0.836 bits per heavy atom.